The van der Waals surface area contributed by atoms with Crippen LogP contribution in [0.2, 0.25) is 0 Å². The highest BCUT2D eigenvalue weighted by Gasteiger charge is 2.23. The van der Waals surface area contributed by atoms with Crippen LogP contribution in [-0.2, 0) is 0 Å². The summed E-state index contributed by atoms with van der Waals surface area (Å²) in [5, 5.41) is 1.05. The minimum Gasteiger partial charge on any atom is -0.478 e. The standard InChI is InChI=1S/C11H16BrN3O/c1-2-16-10-3-5-13-11(14-10)15-6-4-9(7-12)8-15/h3,5,9H,2,4,6-8H2,1H3. The molecule has 4 nitrogen and oxygen atoms in total. The normalized spacial score (nSPS) is 20.1. The quantitative estimate of drug-likeness (QED) is 0.794. The number of halogens is 1. The SMILES string of the molecule is CCOc1ccnc(N2CCC(CBr)C2)n1. The minimum absolute atomic E-state index is 0.639. The van der Waals surface area contributed by atoms with Crippen molar-refractivity contribution in [3.63, 3.8) is 0 Å². The van der Waals surface area contributed by atoms with Crippen LogP contribution in [0.3, 0.4) is 0 Å². The van der Waals surface area contributed by atoms with Gasteiger partial charge in [0.25, 0.3) is 0 Å². The van der Waals surface area contributed by atoms with Crippen molar-refractivity contribution in [3.8, 4) is 5.88 Å². The molecule has 88 valence electrons. The Morgan fingerprint density at radius 1 is 1.62 bits per heavy atom. The summed E-state index contributed by atoms with van der Waals surface area (Å²) < 4.78 is 5.37. The average molecular weight is 286 g/mol. The summed E-state index contributed by atoms with van der Waals surface area (Å²) in [4.78, 5) is 10.9. The summed E-state index contributed by atoms with van der Waals surface area (Å²) in [5.74, 6) is 2.16. The van der Waals surface area contributed by atoms with Crippen LogP contribution >= 0.6 is 15.9 Å². The maximum absolute atomic E-state index is 5.37. The Morgan fingerprint density at radius 3 is 3.19 bits per heavy atom. The second kappa shape index (κ2) is 5.48. The molecule has 0 amide bonds. The summed E-state index contributed by atoms with van der Waals surface area (Å²) >= 11 is 3.52. The smallest absolute Gasteiger partial charge is 0.228 e. The molecule has 0 aromatic carbocycles. The molecular formula is C11H16BrN3O. The highest BCUT2D eigenvalue weighted by atomic mass is 79.9. The molecule has 1 saturated heterocycles. The lowest BCUT2D eigenvalue weighted by Crippen LogP contribution is -2.22. The Labute approximate surface area is 104 Å². The van der Waals surface area contributed by atoms with E-state index in [4.69, 9.17) is 4.74 Å². The Hall–Kier alpha value is -0.840. The summed E-state index contributed by atoms with van der Waals surface area (Å²) in [5.41, 5.74) is 0. The van der Waals surface area contributed by atoms with Gasteiger partial charge in [0.2, 0.25) is 11.8 Å². The van der Waals surface area contributed by atoms with E-state index in [9.17, 15) is 0 Å². The number of aromatic nitrogens is 2. The van der Waals surface area contributed by atoms with E-state index in [0.717, 1.165) is 24.4 Å². The molecular weight excluding hydrogens is 270 g/mol. The molecule has 16 heavy (non-hydrogen) atoms. The number of hydrogen-bond donors (Lipinski definition) is 0. The first-order valence-corrected chi connectivity index (χ1v) is 6.72. The summed E-state index contributed by atoms with van der Waals surface area (Å²) in [6, 6.07) is 1.80. The number of anilines is 1. The van der Waals surface area contributed by atoms with Gasteiger partial charge >= 0.3 is 0 Å². The highest BCUT2D eigenvalue weighted by molar-refractivity contribution is 9.09. The van der Waals surface area contributed by atoms with Crippen LogP contribution in [0.1, 0.15) is 13.3 Å². The molecule has 0 radical (unpaired) electrons. The number of alkyl halides is 1. The van der Waals surface area contributed by atoms with Crippen molar-refractivity contribution in [1.29, 1.82) is 0 Å². The van der Waals surface area contributed by atoms with Crippen LogP contribution in [0.5, 0.6) is 5.88 Å². The van der Waals surface area contributed by atoms with E-state index in [2.05, 4.69) is 30.8 Å². The minimum atomic E-state index is 0.639. The molecule has 1 aromatic rings. The third-order valence-corrected chi connectivity index (χ3v) is 3.61. The molecule has 2 heterocycles. The zero-order valence-electron chi connectivity index (χ0n) is 9.40. The molecule has 0 aliphatic carbocycles. The van der Waals surface area contributed by atoms with E-state index < -0.39 is 0 Å². The van der Waals surface area contributed by atoms with Gasteiger partial charge in [-0.3, -0.25) is 0 Å². The third-order valence-electron chi connectivity index (χ3n) is 2.70. The fraction of sp³-hybridized carbons (Fsp3) is 0.636. The van der Waals surface area contributed by atoms with Crippen LogP contribution in [0.4, 0.5) is 5.95 Å². The van der Waals surface area contributed by atoms with Gasteiger partial charge in [0.05, 0.1) is 6.61 Å². The second-order valence-corrected chi connectivity index (χ2v) is 4.53. The van der Waals surface area contributed by atoms with Gasteiger partial charge in [-0.2, -0.15) is 4.98 Å². The second-order valence-electron chi connectivity index (χ2n) is 3.88. The monoisotopic (exact) mass is 285 g/mol. The fourth-order valence-corrected chi connectivity index (χ4v) is 2.38. The highest BCUT2D eigenvalue weighted by Crippen LogP contribution is 2.22. The van der Waals surface area contributed by atoms with Crippen molar-refractivity contribution in [1.82, 2.24) is 9.97 Å². The van der Waals surface area contributed by atoms with Crippen LogP contribution in [0, 0.1) is 5.92 Å². The Bertz CT molecular complexity index is 348. The fourth-order valence-electron chi connectivity index (χ4n) is 1.85. The Kier molecular flexibility index (Phi) is 3.98. The van der Waals surface area contributed by atoms with E-state index in [1.807, 2.05) is 6.92 Å². The first-order chi connectivity index (χ1) is 7.83. The Balaban J connectivity index is 2.06. The predicted octanol–water partition coefficient (Wildman–Crippen LogP) is 2.10. The third kappa shape index (κ3) is 2.64. The lowest BCUT2D eigenvalue weighted by Gasteiger charge is -2.16. The molecule has 0 bridgehead atoms. The van der Waals surface area contributed by atoms with Crippen molar-refractivity contribution in [2.24, 2.45) is 5.92 Å². The maximum Gasteiger partial charge on any atom is 0.228 e. The van der Waals surface area contributed by atoms with Gasteiger partial charge in [0.15, 0.2) is 0 Å². The van der Waals surface area contributed by atoms with Gasteiger partial charge in [-0.1, -0.05) is 15.9 Å². The van der Waals surface area contributed by atoms with Gasteiger partial charge in [-0.25, -0.2) is 4.98 Å². The van der Waals surface area contributed by atoms with Gasteiger partial charge in [-0.15, -0.1) is 0 Å². The van der Waals surface area contributed by atoms with Crippen molar-refractivity contribution in [3.05, 3.63) is 12.3 Å². The van der Waals surface area contributed by atoms with Crippen molar-refractivity contribution in [2.75, 3.05) is 29.9 Å². The molecule has 1 unspecified atom stereocenters. The lowest BCUT2D eigenvalue weighted by atomic mass is 10.2. The molecule has 0 saturated carbocycles. The molecule has 0 N–H and O–H groups in total. The molecule has 1 fully saturated rings. The van der Waals surface area contributed by atoms with Crippen molar-refractivity contribution >= 4 is 21.9 Å². The van der Waals surface area contributed by atoms with E-state index in [1.165, 1.54) is 6.42 Å². The average Bonchev–Trinajstić information content (AvgIpc) is 2.78. The van der Waals surface area contributed by atoms with Crippen LogP contribution in [0.15, 0.2) is 12.3 Å². The zero-order valence-corrected chi connectivity index (χ0v) is 11.0. The molecule has 0 spiro atoms. The van der Waals surface area contributed by atoms with Crippen molar-refractivity contribution < 1.29 is 4.74 Å². The van der Waals surface area contributed by atoms with Gasteiger partial charge in [0.1, 0.15) is 0 Å². The number of ether oxygens (including phenoxy) is 1. The molecule has 1 aromatic heterocycles. The van der Waals surface area contributed by atoms with E-state index >= 15 is 0 Å². The topological polar surface area (TPSA) is 38.2 Å². The summed E-state index contributed by atoms with van der Waals surface area (Å²) in [6.45, 7) is 4.66. The van der Waals surface area contributed by atoms with Crippen molar-refractivity contribution in [2.45, 2.75) is 13.3 Å². The lowest BCUT2D eigenvalue weighted by molar-refractivity contribution is 0.326. The van der Waals surface area contributed by atoms with Gasteiger partial charge < -0.3 is 9.64 Å². The molecule has 1 aliphatic heterocycles. The zero-order chi connectivity index (χ0) is 11.4. The first kappa shape index (κ1) is 11.6. The summed E-state index contributed by atoms with van der Waals surface area (Å²) in [7, 11) is 0. The van der Waals surface area contributed by atoms with E-state index in [0.29, 0.717) is 18.4 Å². The van der Waals surface area contributed by atoms with E-state index in [1.54, 1.807) is 12.3 Å². The Morgan fingerprint density at radius 2 is 2.50 bits per heavy atom. The molecule has 2 rings (SSSR count). The number of rotatable bonds is 4. The summed E-state index contributed by atoms with van der Waals surface area (Å²) in [6.07, 6.45) is 2.96. The molecule has 1 atom stereocenters. The molecule has 5 heteroatoms. The largest absolute Gasteiger partial charge is 0.478 e. The van der Waals surface area contributed by atoms with Crippen LogP contribution < -0.4 is 9.64 Å². The van der Waals surface area contributed by atoms with Gasteiger partial charge in [-0.05, 0) is 19.3 Å². The van der Waals surface area contributed by atoms with Gasteiger partial charge in [0, 0.05) is 30.7 Å². The first-order valence-electron chi connectivity index (χ1n) is 5.60. The van der Waals surface area contributed by atoms with Crippen LogP contribution in [0.25, 0.3) is 0 Å². The number of hydrogen-bond acceptors (Lipinski definition) is 4. The predicted molar refractivity (Wildman–Crippen MR) is 67.3 cm³/mol. The maximum atomic E-state index is 5.37. The molecule has 1 aliphatic rings. The van der Waals surface area contributed by atoms with E-state index in [-0.39, 0.29) is 0 Å². The van der Waals surface area contributed by atoms with Crippen LogP contribution in [-0.4, -0.2) is 35.0 Å². The number of nitrogens with zero attached hydrogens (tertiary/aromatic N) is 3.